The number of rotatable bonds is 10. The van der Waals surface area contributed by atoms with Crippen molar-refractivity contribution in [3.8, 4) is 17.6 Å². The SMILES string of the molecule is CCC[N-]Cc1ccc(CNCCOc2ccc(C#Cc3ccc(Cl)cc3)cc2)cc1. The van der Waals surface area contributed by atoms with Gasteiger partial charge in [0, 0.05) is 29.2 Å². The number of halogens is 1. The molecular weight excluding hydrogens is 404 g/mol. The highest BCUT2D eigenvalue weighted by atomic mass is 35.5. The zero-order valence-corrected chi connectivity index (χ0v) is 18.7. The van der Waals surface area contributed by atoms with Crippen LogP contribution in [0.5, 0.6) is 5.75 Å². The zero-order chi connectivity index (χ0) is 21.7. The smallest absolute Gasteiger partial charge is 0.119 e. The van der Waals surface area contributed by atoms with E-state index in [1.165, 1.54) is 11.1 Å². The summed E-state index contributed by atoms with van der Waals surface area (Å²) in [7, 11) is 0. The predicted molar refractivity (Wildman–Crippen MR) is 130 cm³/mol. The molecule has 0 saturated carbocycles. The Hall–Kier alpha value is -2.77. The molecule has 0 bridgehead atoms. The van der Waals surface area contributed by atoms with Gasteiger partial charge < -0.3 is 15.4 Å². The summed E-state index contributed by atoms with van der Waals surface area (Å²) < 4.78 is 5.81. The van der Waals surface area contributed by atoms with Crippen molar-refractivity contribution in [2.45, 2.75) is 26.4 Å². The van der Waals surface area contributed by atoms with Gasteiger partial charge in [0.15, 0.2) is 0 Å². The van der Waals surface area contributed by atoms with Gasteiger partial charge in [-0.3, -0.25) is 0 Å². The van der Waals surface area contributed by atoms with Gasteiger partial charge in [-0.2, -0.15) is 0 Å². The van der Waals surface area contributed by atoms with E-state index in [1.807, 2.05) is 48.5 Å². The molecule has 31 heavy (non-hydrogen) atoms. The van der Waals surface area contributed by atoms with E-state index >= 15 is 0 Å². The molecule has 3 aromatic rings. The summed E-state index contributed by atoms with van der Waals surface area (Å²) in [6, 6.07) is 24.0. The van der Waals surface area contributed by atoms with Gasteiger partial charge in [0.1, 0.15) is 12.4 Å². The summed E-state index contributed by atoms with van der Waals surface area (Å²) >= 11 is 5.89. The van der Waals surface area contributed by atoms with E-state index in [9.17, 15) is 0 Å². The minimum atomic E-state index is 0.615. The summed E-state index contributed by atoms with van der Waals surface area (Å²) in [5.74, 6) is 7.13. The van der Waals surface area contributed by atoms with E-state index in [4.69, 9.17) is 16.3 Å². The molecule has 4 heteroatoms. The summed E-state index contributed by atoms with van der Waals surface area (Å²) in [6.07, 6.45) is 1.10. The van der Waals surface area contributed by atoms with Crippen molar-refractivity contribution in [1.29, 1.82) is 0 Å². The van der Waals surface area contributed by atoms with Crippen molar-refractivity contribution in [1.82, 2.24) is 5.32 Å². The Morgan fingerprint density at radius 3 is 2.10 bits per heavy atom. The quantitative estimate of drug-likeness (QED) is 0.306. The molecule has 0 aliphatic heterocycles. The lowest BCUT2D eigenvalue weighted by molar-refractivity contribution is 0.313. The summed E-state index contributed by atoms with van der Waals surface area (Å²) in [6.45, 7) is 6.12. The first-order chi connectivity index (χ1) is 15.2. The topological polar surface area (TPSA) is 35.4 Å². The largest absolute Gasteiger partial charge is 0.658 e. The molecule has 0 heterocycles. The predicted octanol–water partition coefficient (Wildman–Crippen LogP) is 6.19. The van der Waals surface area contributed by atoms with Crippen LogP contribution in [-0.2, 0) is 13.1 Å². The Morgan fingerprint density at radius 1 is 0.839 bits per heavy atom. The number of hydrogen-bond acceptors (Lipinski definition) is 2. The molecular formula is C27H28ClN2O-. The van der Waals surface area contributed by atoms with Crippen LogP contribution >= 0.6 is 11.6 Å². The van der Waals surface area contributed by atoms with Crippen LogP contribution < -0.4 is 10.1 Å². The minimum absolute atomic E-state index is 0.615. The first-order valence-electron chi connectivity index (χ1n) is 10.6. The third-order valence-corrected chi connectivity index (χ3v) is 4.88. The highest BCUT2D eigenvalue weighted by Crippen LogP contribution is 2.13. The second-order valence-corrected chi connectivity index (χ2v) is 7.66. The van der Waals surface area contributed by atoms with Gasteiger partial charge in [-0.15, -0.1) is 13.1 Å². The molecule has 3 rings (SSSR count). The average molecular weight is 432 g/mol. The summed E-state index contributed by atoms with van der Waals surface area (Å²) in [5, 5.41) is 8.63. The lowest BCUT2D eigenvalue weighted by Gasteiger charge is -2.17. The fourth-order valence-corrected chi connectivity index (χ4v) is 3.04. The first kappa shape index (κ1) is 22.9. The number of benzene rings is 3. The highest BCUT2D eigenvalue weighted by Gasteiger charge is 1.96. The van der Waals surface area contributed by atoms with Gasteiger partial charge >= 0.3 is 0 Å². The van der Waals surface area contributed by atoms with E-state index in [0.717, 1.165) is 49.5 Å². The molecule has 0 unspecified atom stereocenters. The molecule has 0 aliphatic rings. The van der Waals surface area contributed by atoms with E-state index in [-0.39, 0.29) is 0 Å². The third kappa shape index (κ3) is 8.47. The number of hydrogen-bond donors (Lipinski definition) is 1. The lowest BCUT2D eigenvalue weighted by atomic mass is 10.1. The standard InChI is InChI=1S/C27H28ClN2O/c1-2-17-29-20-24-5-7-25(8-6-24)21-30-18-19-31-27-15-11-23(12-16-27)4-3-22-9-13-26(28)14-10-22/h5-16,30H,2,17-21H2,1H3/q-1. The Bertz CT molecular complexity index is 971. The zero-order valence-electron chi connectivity index (χ0n) is 17.9. The molecule has 0 spiro atoms. The second-order valence-electron chi connectivity index (χ2n) is 7.23. The third-order valence-electron chi connectivity index (χ3n) is 4.63. The van der Waals surface area contributed by atoms with Gasteiger partial charge in [0.05, 0.1) is 0 Å². The van der Waals surface area contributed by atoms with Crippen LogP contribution in [-0.4, -0.2) is 19.7 Å². The Morgan fingerprint density at radius 2 is 1.45 bits per heavy atom. The van der Waals surface area contributed by atoms with Crippen LogP contribution in [0.4, 0.5) is 0 Å². The molecule has 0 aromatic heterocycles. The molecule has 1 N–H and O–H groups in total. The van der Waals surface area contributed by atoms with Crippen LogP contribution in [0.2, 0.25) is 5.02 Å². The Kier molecular flexibility index (Phi) is 9.47. The second kappa shape index (κ2) is 12.8. The van der Waals surface area contributed by atoms with Crippen LogP contribution in [0.1, 0.15) is 35.6 Å². The van der Waals surface area contributed by atoms with Crippen LogP contribution in [0.15, 0.2) is 72.8 Å². The molecule has 0 fully saturated rings. The molecule has 3 nitrogen and oxygen atoms in total. The number of ether oxygens (including phenoxy) is 1. The van der Waals surface area contributed by atoms with Crippen molar-refractivity contribution in [2.75, 3.05) is 19.7 Å². The van der Waals surface area contributed by atoms with E-state index < -0.39 is 0 Å². The van der Waals surface area contributed by atoms with Crippen molar-refractivity contribution >= 4 is 11.6 Å². The fraction of sp³-hybridized carbons (Fsp3) is 0.259. The summed E-state index contributed by atoms with van der Waals surface area (Å²) in [4.78, 5) is 0. The summed E-state index contributed by atoms with van der Waals surface area (Å²) in [5.41, 5.74) is 4.42. The van der Waals surface area contributed by atoms with E-state index in [2.05, 4.69) is 53.7 Å². The first-order valence-corrected chi connectivity index (χ1v) is 11.0. The number of nitrogens with zero attached hydrogens (tertiary/aromatic N) is 1. The van der Waals surface area contributed by atoms with Crippen LogP contribution in [0.3, 0.4) is 0 Å². The monoisotopic (exact) mass is 431 g/mol. The lowest BCUT2D eigenvalue weighted by Crippen LogP contribution is -2.20. The molecule has 0 amide bonds. The maximum atomic E-state index is 5.89. The number of nitrogens with one attached hydrogen (secondary N) is 1. The van der Waals surface area contributed by atoms with Crippen LogP contribution in [0, 0.1) is 11.8 Å². The average Bonchev–Trinajstić information content (AvgIpc) is 2.80. The van der Waals surface area contributed by atoms with Crippen molar-refractivity contribution < 1.29 is 4.74 Å². The van der Waals surface area contributed by atoms with Gasteiger partial charge in [0.25, 0.3) is 0 Å². The molecule has 0 aliphatic carbocycles. The van der Waals surface area contributed by atoms with Gasteiger partial charge in [-0.05, 0) is 54.1 Å². The molecule has 0 radical (unpaired) electrons. The van der Waals surface area contributed by atoms with Crippen LogP contribution in [0.25, 0.3) is 5.32 Å². The highest BCUT2D eigenvalue weighted by molar-refractivity contribution is 6.30. The van der Waals surface area contributed by atoms with Gasteiger partial charge in [-0.25, -0.2) is 0 Å². The maximum Gasteiger partial charge on any atom is 0.119 e. The molecule has 3 aromatic carbocycles. The van der Waals surface area contributed by atoms with E-state index in [0.29, 0.717) is 11.6 Å². The normalized spacial score (nSPS) is 10.4. The minimum Gasteiger partial charge on any atom is -0.658 e. The van der Waals surface area contributed by atoms with Crippen molar-refractivity contribution in [3.63, 3.8) is 0 Å². The maximum absolute atomic E-state index is 5.89. The van der Waals surface area contributed by atoms with Gasteiger partial charge in [0.2, 0.25) is 0 Å². The Labute approximate surface area is 190 Å². The fourth-order valence-electron chi connectivity index (χ4n) is 2.91. The van der Waals surface area contributed by atoms with Gasteiger partial charge in [-0.1, -0.05) is 66.6 Å². The van der Waals surface area contributed by atoms with Crippen molar-refractivity contribution in [2.24, 2.45) is 0 Å². The molecule has 0 atom stereocenters. The Balaban J connectivity index is 1.35. The van der Waals surface area contributed by atoms with Crippen molar-refractivity contribution in [3.05, 3.63) is 105 Å². The van der Waals surface area contributed by atoms with E-state index in [1.54, 1.807) is 0 Å². The molecule has 0 saturated heterocycles. The molecule has 160 valence electrons.